The molecular formula is C17H15BrN2O2. The summed E-state index contributed by atoms with van der Waals surface area (Å²) in [6.45, 7) is 2.27. The summed E-state index contributed by atoms with van der Waals surface area (Å²) in [5, 5.41) is 2.90. The number of rotatable bonds is 2. The van der Waals surface area contributed by atoms with Crippen LogP contribution in [0.25, 0.3) is 0 Å². The van der Waals surface area contributed by atoms with Crippen molar-refractivity contribution < 1.29 is 9.59 Å². The van der Waals surface area contributed by atoms with Gasteiger partial charge in [0.15, 0.2) is 0 Å². The second-order valence-corrected chi connectivity index (χ2v) is 6.05. The molecule has 5 heteroatoms. The Balaban J connectivity index is 1.82. The summed E-state index contributed by atoms with van der Waals surface area (Å²) in [5.74, 6) is -0.113. The fourth-order valence-corrected chi connectivity index (χ4v) is 3.12. The number of hydrogen-bond donors (Lipinski definition) is 1. The van der Waals surface area contributed by atoms with Gasteiger partial charge in [-0.05, 0) is 58.2 Å². The predicted octanol–water partition coefficient (Wildman–Crippen LogP) is 3.61. The Labute approximate surface area is 137 Å². The maximum Gasteiger partial charge on any atom is 0.256 e. The molecule has 2 amide bonds. The largest absolute Gasteiger partial charge is 0.322 e. The maximum atomic E-state index is 12.3. The van der Waals surface area contributed by atoms with Crippen LogP contribution in [0.5, 0.6) is 0 Å². The van der Waals surface area contributed by atoms with Crippen LogP contribution in [0.4, 0.5) is 11.4 Å². The van der Waals surface area contributed by atoms with Gasteiger partial charge in [-0.15, -0.1) is 0 Å². The van der Waals surface area contributed by atoms with Crippen molar-refractivity contribution in [3.8, 4) is 0 Å². The van der Waals surface area contributed by atoms with E-state index in [9.17, 15) is 9.59 Å². The first-order valence-electron chi connectivity index (χ1n) is 7.03. The van der Waals surface area contributed by atoms with Crippen LogP contribution in [-0.4, -0.2) is 18.4 Å². The average molecular weight is 359 g/mol. The Kier molecular flexibility index (Phi) is 3.98. The molecule has 0 fully saturated rings. The van der Waals surface area contributed by atoms with Gasteiger partial charge < -0.3 is 10.2 Å². The van der Waals surface area contributed by atoms with Crippen molar-refractivity contribution in [2.24, 2.45) is 0 Å². The van der Waals surface area contributed by atoms with E-state index >= 15 is 0 Å². The van der Waals surface area contributed by atoms with Crippen molar-refractivity contribution in [3.63, 3.8) is 0 Å². The molecular weight excluding hydrogens is 344 g/mol. The molecule has 3 rings (SSSR count). The molecule has 0 saturated carbocycles. The molecule has 0 unspecified atom stereocenters. The lowest BCUT2D eigenvalue weighted by Crippen LogP contribution is -2.25. The highest BCUT2D eigenvalue weighted by Crippen LogP contribution is 2.30. The molecule has 22 heavy (non-hydrogen) atoms. The highest BCUT2D eigenvalue weighted by atomic mass is 79.9. The molecule has 2 aromatic carbocycles. The molecule has 0 bridgehead atoms. The summed E-state index contributed by atoms with van der Waals surface area (Å²) in [4.78, 5) is 25.6. The van der Waals surface area contributed by atoms with Crippen molar-refractivity contribution in [1.82, 2.24) is 0 Å². The smallest absolute Gasteiger partial charge is 0.256 e. The summed E-state index contributed by atoms with van der Waals surface area (Å²) in [7, 11) is 0. The summed E-state index contributed by atoms with van der Waals surface area (Å²) in [6, 6.07) is 13.0. The van der Waals surface area contributed by atoms with Crippen molar-refractivity contribution >= 4 is 39.1 Å². The zero-order valence-corrected chi connectivity index (χ0v) is 13.7. The summed E-state index contributed by atoms with van der Waals surface area (Å²) < 4.78 is 0.761. The van der Waals surface area contributed by atoms with Crippen LogP contribution in [-0.2, 0) is 11.2 Å². The Morgan fingerprint density at radius 2 is 1.95 bits per heavy atom. The highest BCUT2D eigenvalue weighted by molar-refractivity contribution is 9.10. The summed E-state index contributed by atoms with van der Waals surface area (Å²) in [5.41, 5.74) is 3.35. The number of nitrogens with one attached hydrogen (secondary N) is 1. The molecule has 0 saturated heterocycles. The van der Waals surface area contributed by atoms with Gasteiger partial charge in [0.05, 0.1) is 5.56 Å². The quantitative estimate of drug-likeness (QED) is 0.891. The van der Waals surface area contributed by atoms with Crippen LogP contribution in [0.2, 0.25) is 0 Å². The van der Waals surface area contributed by atoms with E-state index < -0.39 is 0 Å². The minimum absolute atomic E-state index is 0.0451. The number of nitrogens with zero attached hydrogens (tertiary/aromatic N) is 1. The molecule has 2 aromatic rings. The number of hydrogen-bond acceptors (Lipinski definition) is 2. The molecule has 0 radical (unpaired) electrons. The topological polar surface area (TPSA) is 49.4 Å². The predicted molar refractivity (Wildman–Crippen MR) is 90.3 cm³/mol. The first kappa shape index (κ1) is 14.8. The van der Waals surface area contributed by atoms with Gasteiger partial charge in [0, 0.05) is 29.3 Å². The minimum atomic E-state index is -0.158. The van der Waals surface area contributed by atoms with Crippen LogP contribution >= 0.6 is 15.9 Å². The molecule has 1 aliphatic heterocycles. The van der Waals surface area contributed by atoms with Gasteiger partial charge in [-0.1, -0.05) is 12.1 Å². The molecule has 1 heterocycles. The van der Waals surface area contributed by atoms with Crippen LogP contribution in [0, 0.1) is 0 Å². The van der Waals surface area contributed by atoms with E-state index in [4.69, 9.17) is 0 Å². The van der Waals surface area contributed by atoms with Gasteiger partial charge >= 0.3 is 0 Å². The van der Waals surface area contributed by atoms with E-state index in [0.29, 0.717) is 12.1 Å². The Morgan fingerprint density at radius 1 is 1.18 bits per heavy atom. The Hall–Kier alpha value is -2.14. The molecule has 1 aliphatic rings. The molecule has 0 spiro atoms. The van der Waals surface area contributed by atoms with E-state index in [1.807, 2.05) is 36.4 Å². The van der Waals surface area contributed by atoms with E-state index in [2.05, 4.69) is 21.2 Å². The minimum Gasteiger partial charge on any atom is -0.322 e. The second-order valence-electron chi connectivity index (χ2n) is 5.20. The monoisotopic (exact) mass is 358 g/mol. The van der Waals surface area contributed by atoms with E-state index in [1.165, 1.54) is 0 Å². The standard InChI is InChI=1S/C17H15BrN2O2/c1-11(21)20-9-8-12-10-13(6-7-16(12)20)19-17(22)14-4-2-3-5-15(14)18/h2-7,10H,8-9H2,1H3,(H,19,22). The highest BCUT2D eigenvalue weighted by Gasteiger charge is 2.22. The number of anilines is 2. The molecule has 1 N–H and O–H groups in total. The lowest BCUT2D eigenvalue weighted by atomic mass is 10.1. The average Bonchev–Trinajstić information content (AvgIpc) is 2.91. The fraction of sp³-hybridized carbons (Fsp3) is 0.176. The SMILES string of the molecule is CC(=O)N1CCc2cc(NC(=O)c3ccccc3Br)ccc21. The Bertz CT molecular complexity index is 758. The van der Waals surface area contributed by atoms with Gasteiger partial charge in [0.2, 0.25) is 5.91 Å². The molecule has 0 atom stereocenters. The molecule has 0 aromatic heterocycles. The number of halogens is 1. The molecule has 0 aliphatic carbocycles. The van der Waals surface area contributed by atoms with Gasteiger partial charge in [-0.2, -0.15) is 0 Å². The number of benzene rings is 2. The number of amides is 2. The van der Waals surface area contributed by atoms with Crippen molar-refractivity contribution in [2.45, 2.75) is 13.3 Å². The normalized spacial score (nSPS) is 12.9. The molecule has 112 valence electrons. The summed E-state index contributed by atoms with van der Waals surface area (Å²) >= 11 is 3.38. The zero-order valence-electron chi connectivity index (χ0n) is 12.1. The summed E-state index contributed by atoms with van der Waals surface area (Å²) in [6.07, 6.45) is 0.813. The van der Waals surface area contributed by atoms with Crippen LogP contribution in [0.15, 0.2) is 46.9 Å². The van der Waals surface area contributed by atoms with Gasteiger partial charge in [0.25, 0.3) is 5.91 Å². The van der Waals surface area contributed by atoms with Crippen molar-refractivity contribution in [1.29, 1.82) is 0 Å². The van der Waals surface area contributed by atoms with E-state index in [0.717, 1.165) is 27.8 Å². The first-order valence-corrected chi connectivity index (χ1v) is 7.82. The lowest BCUT2D eigenvalue weighted by molar-refractivity contribution is -0.116. The number of carbonyl (C=O) groups excluding carboxylic acids is 2. The third kappa shape index (κ3) is 2.76. The maximum absolute atomic E-state index is 12.3. The van der Waals surface area contributed by atoms with Gasteiger partial charge in [-0.3, -0.25) is 9.59 Å². The third-order valence-electron chi connectivity index (χ3n) is 3.73. The molecule has 4 nitrogen and oxygen atoms in total. The van der Waals surface area contributed by atoms with Crippen LogP contribution < -0.4 is 10.2 Å². The number of fused-ring (bicyclic) bond motifs is 1. The lowest BCUT2D eigenvalue weighted by Gasteiger charge is -2.15. The second kappa shape index (κ2) is 5.93. The van der Waals surface area contributed by atoms with Crippen molar-refractivity contribution in [3.05, 3.63) is 58.1 Å². The first-order chi connectivity index (χ1) is 10.6. The third-order valence-corrected chi connectivity index (χ3v) is 4.42. The van der Waals surface area contributed by atoms with Crippen LogP contribution in [0.3, 0.4) is 0 Å². The van der Waals surface area contributed by atoms with E-state index in [1.54, 1.807) is 17.9 Å². The van der Waals surface area contributed by atoms with E-state index in [-0.39, 0.29) is 11.8 Å². The van der Waals surface area contributed by atoms with Gasteiger partial charge in [-0.25, -0.2) is 0 Å². The van der Waals surface area contributed by atoms with Crippen molar-refractivity contribution in [2.75, 3.05) is 16.8 Å². The Morgan fingerprint density at radius 3 is 2.68 bits per heavy atom. The zero-order chi connectivity index (χ0) is 15.7. The van der Waals surface area contributed by atoms with Gasteiger partial charge in [0.1, 0.15) is 0 Å². The fourth-order valence-electron chi connectivity index (χ4n) is 2.65. The number of carbonyl (C=O) groups is 2. The van der Waals surface area contributed by atoms with Crippen LogP contribution in [0.1, 0.15) is 22.8 Å².